The molecule has 0 atom stereocenters. The Morgan fingerprint density at radius 2 is 0.971 bits per heavy atom. The third-order valence-electron chi connectivity index (χ3n) is 10.6. The van der Waals surface area contributed by atoms with Crippen molar-refractivity contribution in [1.29, 1.82) is 0 Å². The van der Waals surface area contributed by atoms with Gasteiger partial charge in [0.15, 0.2) is 0 Å². The van der Waals surface area contributed by atoms with Crippen molar-refractivity contribution in [3.8, 4) is 26.6 Å². The first-order chi connectivity index (χ1) is 32.4. The van der Waals surface area contributed by atoms with Crippen molar-refractivity contribution in [2.24, 2.45) is 14.1 Å². The molecule has 68 heavy (non-hydrogen) atoms. The molecule has 0 amide bonds. The largest absolute Gasteiger partial charge is 0.569 e. The minimum Gasteiger partial charge on any atom is -0.537 e. The number of benzene rings is 4. The van der Waals surface area contributed by atoms with Crippen LogP contribution in [0.4, 0.5) is 0 Å². The number of aromatic nitrogens is 4. The molecule has 8 rings (SSSR count). The summed E-state index contributed by atoms with van der Waals surface area (Å²) in [6, 6.07) is 29.0. The summed E-state index contributed by atoms with van der Waals surface area (Å²) in [5.74, 6) is 0.423. The Balaban J connectivity index is 0.000000189. The van der Waals surface area contributed by atoms with E-state index < -0.39 is 11.4 Å². The molecule has 20 heteroatoms. The van der Waals surface area contributed by atoms with Crippen molar-refractivity contribution >= 4 is 125 Å². The summed E-state index contributed by atoms with van der Waals surface area (Å²) < 4.78 is 9.91. The summed E-state index contributed by atoms with van der Waals surface area (Å²) in [4.78, 5) is 77.8. The number of rotatable bonds is 13. The number of aryl methyl sites for hydroxylation is 2. The zero-order valence-corrected chi connectivity index (χ0v) is 43.1. The molecule has 0 saturated heterocycles. The summed E-state index contributed by atoms with van der Waals surface area (Å²) in [6.45, 7) is 3.04. The van der Waals surface area contributed by atoms with Gasteiger partial charge in [0, 0.05) is 75.2 Å². The second-order valence-corrected chi connectivity index (χ2v) is 19.6. The average molecular weight is 1100 g/mol. The zero-order chi connectivity index (χ0) is 49.4. The summed E-state index contributed by atoms with van der Waals surface area (Å²) in [7, 11) is 3.93. The summed E-state index contributed by atoms with van der Waals surface area (Å²) in [5, 5.41) is 12.2. The fourth-order valence-corrected chi connectivity index (χ4v) is 10.9. The highest BCUT2D eigenvalue weighted by atomic mass is 79.9. The van der Waals surface area contributed by atoms with Crippen LogP contribution in [-0.2, 0) is 48.5 Å². The fourth-order valence-electron chi connectivity index (χ4n) is 7.08. The van der Waals surface area contributed by atoms with E-state index in [0.717, 1.165) is 46.7 Å². The van der Waals surface area contributed by atoms with E-state index in [1.54, 1.807) is 62.6 Å². The maximum absolute atomic E-state index is 13.5. The van der Waals surface area contributed by atoms with Crippen molar-refractivity contribution in [2.45, 2.75) is 51.5 Å². The molecule has 8 aromatic rings. The van der Waals surface area contributed by atoms with Crippen molar-refractivity contribution in [3.05, 3.63) is 176 Å². The number of Topliss-reactive ketones (excluding diaryl/α,β-unsaturated/α-hetero) is 2. The highest BCUT2D eigenvalue weighted by molar-refractivity contribution is 9.08. The van der Waals surface area contributed by atoms with Crippen LogP contribution in [0.1, 0.15) is 43.4 Å². The highest BCUT2D eigenvalue weighted by Crippen LogP contribution is 2.40. The normalized spacial score (nSPS) is 10.9. The molecule has 0 bridgehead atoms. The molecule has 0 fully saturated rings. The van der Waals surface area contributed by atoms with Crippen LogP contribution in [0.25, 0.3) is 41.3 Å². The van der Waals surface area contributed by atoms with Crippen molar-refractivity contribution in [2.75, 3.05) is 0 Å². The Morgan fingerprint density at radius 3 is 1.35 bits per heavy atom. The Bertz CT molecular complexity index is 3370. The number of ketones is 2. The van der Waals surface area contributed by atoms with E-state index in [1.807, 2.05) is 48.5 Å². The Labute approximate surface area is 426 Å². The number of fused-ring (bicyclic) bond motifs is 2. The number of carbonyl (C=O) groups excluding carboxylic acids is 2. The van der Waals surface area contributed by atoms with Gasteiger partial charge < -0.3 is 9.68 Å². The molecule has 0 aliphatic heterocycles. The first kappa shape index (κ1) is 52.3. The van der Waals surface area contributed by atoms with Crippen molar-refractivity contribution in [3.63, 3.8) is 0 Å². The van der Waals surface area contributed by atoms with Gasteiger partial charge in [0.05, 0.1) is 10.8 Å². The molecule has 1 radical (unpaired) electrons. The quantitative estimate of drug-likeness (QED) is 0.0885. The van der Waals surface area contributed by atoms with Crippen LogP contribution >= 0.6 is 85.0 Å². The SMILES string of the molecule is CC(=O)CCn1c(=O)c2c(CBr)c(-c3ccc(Cl)cc3)sc2n(C)c1=O.CC(=O)CCn1c(=O)c2c(Cc3ccc(Cl)cc3)c(-c3ccc(Cl)cc3)sc2n(C)c1=O.O[B]Oc1ccc(Cl)cc1. The number of nitrogens with zero attached hydrogens (tertiary/aromatic N) is 4. The maximum atomic E-state index is 13.5. The molecule has 0 aliphatic rings. The van der Waals surface area contributed by atoms with Crippen LogP contribution in [0.15, 0.2) is 116 Å². The fraction of sp³-hybridized carbons (Fsp3) is 0.208. The minimum atomic E-state index is -0.425. The highest BCUT2D eigenvalue weighted by Gasteiger charge is 2.23. The maximum Gasteiger partial charge on any atom is 0.569 e. The molecular formula is C48H41BBrCl4N4O8S2. The van der Waals surface area contributed by atoms with E-state index in [2.05, 4.69) is 20.6 Å². The lowest BCUT2D eigenvalue weighted by molar-refractivity contribution is -0.118. The average Bonchev–Trinajstić information content (AvgIpc) is 3.90. The topological polar surface area (TPSA) is 152 Å². The van der Waals surface area contributed by atoms with E-state index in [1.165, 1.54) is 45.7 Å². The molecule has 0 unspecified atom stereocenters. The Hall–Kier alpha value is -5.04. The predicted octanol–water partition coefficient (Wildman–Crippen LogP) is 10.5. The molecule has 0 spiro atoms. The van der Waals surface area contributed by atoms with E-state index in [0.29, 0.717) is 65.7 Å². The number of halogens is 5. The van der Waals surface area contributed by atoms with Gasteiger partial charge in [-0.25, -0.2) is 9.59 Å². The molecular weight excluding hydrogens is 1060 g/mol. The molecule has 12 nitrogen and oxygen atoms in total. The van der Waals surface area contributed by atoms with Crippen LogP contribution in [0.5, 0.6) is 5.75 Å². The molecule has 4 aromatic heterocycles. The van der Waals surface area contributed by atoms with Gasteiger partial charge in [-0.1, -0.05) is 98.7 Å². The van der Waals surface area contributed by atoms with Crippen molar-refractivity contribution in [1.82, 2.24) is 18.3 Å². The Morgan fingerprint density at radius 1 is 0.603 bits per heavy atom. The summed E-state index contributed by atoms with van der Waals surface area (Å²) in [6.07, 6.45) is 0.773. The summed E-state index contributed by atoms with van der Waals surface area (Å²) >= 11 is 30.0. The van der Waals surface area contributed by atoms with Gasteiger partial charge in [-0.15, -0.1) is 22.7 Å². The van der Waals surface area contributed by atoms with Crippen LogP contribution in [0, 0.1) is 0 Å². The van der Waals surface area contributed by atoms with Gasteiger partial charge >= 0.3 is 19.1 Å². The molecule has 351 valence electrons. The van der Waals surface area contributed by atoms with Crippen LogP contribution < -0.4 is 27.2 Å². The standard InChI is InChI=1S/C24H20Cl2N2O3S.C18H16BrClN2O3S.C6H5BClO2/c1-14(29)11-12-28-22(30)20-19(13-15-3-7-17(25)8-4-15)21(16-5-9-18(26)10-6-16)32-23(20)27(2)24(28)31;1-10(23)7-8-22-16(24)14-13(9-19)15(11-3-5-12(20)6-4-11)26-17(14)21(2)18(22)25;8-5-1-3-6(4-2-5)10-7-9/h3-10H,11-13H2,1-2H3;3-6H,7-9H2,1-2H3;1-4,9H. The second-order valence-electron chi connectivity index (χ2n) is 15.3. The van der Waals surface area contributed by atoms with Crippen LogP contribution in [-0.4, -0.2) is 42.5 Å². The number of hydrogen-bond donors (Lipinski definition) is 1. The van der Waals surface area contributed by atoms with Gasteiger partial charge in [-0.2, -0.15) is 0 Å². The zero-order valence-electron chi connectivity index (χ0n) is 36.9. The number of hydrogen-bond acceptors (Lipinski definition) is 10. The molecule has 0 saturated carbocycles. The smallest absolute Gasteiger partial charge is 0.537 e. The third-order valence-corrected chi connectivity index (χ3v) is 14.8. The first-order valence-electron chi connectivity index (χ1n) is 20.6. The minimum absolute atomic E-state index is 0.0588. The lowest BCUT2D eigenvalue weighted by Crippen LogP contribution is -2.39. The lowest BCUT2D eigenvalue weighted by atomic mass is 10.00. The number of thiophene rings is 2. The van der Waals surface area contributed by atoms with Crippen LogP contribution in [0.3, 0.4) is 0 Å². The number of alkyl halides is 1. The van der Waals surface area contributed by atoms with Gasteiger partial charge in [0.2, 0.25) is 0 Å². The summed E-state index contributed by atoms with van der Waals surface area (Å²) in [5.41, 5.74) is 2.97. The molecule has 4 heterocycles. The van der Waals surface area contributed by atoms with E-state index >= 15 is 0 Å². The second kappa shape index (κ2) is 23.5. The first-order valence-corrected chi connectivity index (χ1v) is 24.9. The van der Waals surface area contributed by atoms with E-state index in [-0.39, 0.29) is 48.6 Å². The molecule has 1 N–H and O–H groups in total. The van der Waals surface area contributed by atoms with Gasteiger partial charge in [-0.3, -0.25) is 37.4 Å². The lowest BCUT2D eigenvalue weighted by Gasteiger charge is -2.09. The third kappa shape index (κ3) is 12.2. The molecule has 4 aromatic carbocycles. The van der Waals surface area contributed by atoms with E-state index in [9.17, 15) is 28.8 Å². The monoisotopic (exact) mass is 1100 g/mol. The van der Waals surface area contributed by atoms with Gasteiger partial charge in [0.25, 0.3) is 11.1 Å². The predicted molar refractivity (Wildman–Crippen MR) is 281 cm³/mol. The Kier molecular flexibility index (Phi) is 18.1. The van der Waals surface area contributed by atoms with Crippen LogP contribution in [0.2, 0.25) is 20.1 Å². The molecule has 0 aliphatic carbocycles. The number of carbonyl (C=O) groups is 2. The van der Waals surface area contributed by atoms with Gasteiger partial charge in [-0.05, 0) is 109 Å². The van der Waals surface area contributed by atoms with Crippen molar-refractivity contribution < 1.29 is 19.3 Å². The van der Waals surface area contributed by atoms with Gasteiger partial charge in [0.1, 0.15) is 27.0 Å². The van der Waals surface area contributed by atoms with E-state index in [4.69, 9.17) is 51.4 Å².